The summed E-state index contributed by atoms with van der Waals surface area (Å²) in [5.74, 6) is 0. The highest BCUT2D eigenvalue weighted by Crippen LogP contribution is 2.12. The van der Waals surface area contributed by atoms with E-state index in [1.807, 2.05) is 13.8 Å². The van der Waals surface area contributed by atoms with Gasteiger partial charge in [-0.25, -0.2) is 0 Å². The second-order valence-corrected chi connectivity index (χ2v) is 4.87. The fourth-order valence-electron chi connectivity index (χ4n) is 0.981. The molecule has 1 N–H and O–H groups in total. The van der Waals surface area contributed by atoms with E-state index in [2.05, 4.69) is 31.1 Å². The maximum atomic E-state index is 5.32. The molecule has 0 amide bonds. The normalized spacial score (nSPS) is 12.1. The van der Waals surface area contributed by atoms with Crippen molar-refractivity contribution in [3.8, 4) is 6.08 Å². The van der Waals surface area contributed by atoms with Gasteiger partial charge < -0.3 is 14.5 Å². The summed E-state index contributed by atoms with van der Waals surface area (Å²) in [4.78, 5) is 4.20. The lowest BCUT2D eigenvalue weighted by Crippen LogP contribution is -2.35. The third kappa shape index (κ3) is 4.83. The Morgan fingerprint density at radius 2 is 2.13 bits per heavy atom. The first-order valence-electron chi connectivity index (χ1n) is 5.23. The highest BCUT2D eigenvalue weighted by Gasteiger charge is 2.11. The van der Waals surface area contributed by atoms with Crippen LogP contribution in [0, 0.1) is 0 Å². The lowest BCUT2D eigenvalue weighted by Gasteiger charge is -2.19. The lowest BCUT2D eigenvalue weighted by atomic mass is 10.1. The minimum atomic E-state index is 0.0814. The zero-order valence-corrected chi connectivity index (χ0v) is 10.1. The van der Waals surface area contributed by atoms with Gasteiger partial charge in [0.15, 0.2) is 0 Å². The van der Waals surface area contributed by atoms with Gasteiger partial charge in [-0.15, -0.1) is 0 Å². The van der Waals surface area contributed by atoms with E-state index < -0.39 is 0 Å². The molecule has 0 unspecified atom stereocenters. The van der Waals surface area contributed by atoms with Gasteiger partial charge >= 0.3 is 6.08 Å². The third-order valence-corrected chi connectivity index (χ3v) is 1.67. The number of rotatable bonds is 4. The molecule has 0 aliphatic rings. The molecule has 1 aromatic rings. The summed E-state index contributed by atoms with van der Waals surface area (Å²) in [6, 6.07) is 0. The second-order valence-electron chi connectivity index (χ2n) is 4.87. The molecule has 0 bridgehead atoms. The van der Waals surface area contributed by atoms with Crippen molar-refractivity contribution in [1.29, 1.82) is 0 Å². The predicted octanol–water partition coefficient (Wildman–Crippen LogP) is 2.35. The van der Waals surface area contributed by atoms with Crippen molar-refractivity contribution in [2.75, 3.05) is 0 Å². The molecular formula is C11H20N2O2. The SMILES string of the molecule is CC(C)Oc1nc(CNC(C)(C)C)co1. The quantitative estimate of drug-likeness (QED) is 0.832. The van der Waals surface area contributed by atoms with Crippen LogP contribution >= 0.6 is 0 Å². The summed E-state index contributed by atoms with van der Waals surface area (Å²) >= 11 is 0. The van der Waals surface area contributed by atoms with Crippen LogP contribution in [0.2, 0.25) is 0 Å². The smallest absolute Gasteiger partial charge is 0.393 e. The molecule has 0 fully saturated rings. The molecule has 1 rings (SSSR count). The number of aromatic nitrogens is 1. The van der Waals surface area contributed by atoms with Gasteiger partial charge in [0, 0.05) is 12.1 Å². The molecule has 0 aliphatic heterocycles. The first-order valence-corrected chi connectivity index (χ1v) is 5.23. The van der Waals surface area contributed by atoms with Gasteiger partial charge in [-0.05, 0) is 34.6 Å². The standard InChI is InChI=1S/C11H20N2O2/c1-8(2)15-10-13-9(7-14-10)6-12-11(3,4)5/h7-8,12H,6H2,1-5H3. The zero-order chi connectivity index (χ0) is 11.5. The average molecular weight is 212 g/mol. The second kappa shape index (κ2) is 4.66. The summed E-state index contributed by atoms with van der Waals surface area (Å²) < 4.78 is 10.5. The van der Waals surface area contributed by atoms with E-state index in [0.717, 1.165) is 5.69 Å². The van der Waals surface area contributed by atoms with Crippen LogP contribution in [0.5, 0.6) is 6.08 Å². The molecule has 0 spiro atoms. The topological polar surface area (TPSA) is 47.3 Å². The minimum absolute atomic E-state index is 0.0814. The van der Waals surface area contributed by atoms with Gasteiger partial charge in [-0.2, -0.15) is 4.98 Å². The van der Waals surface area contributed by atoms with Crippen LogP contribution in [-0.2, 0) is 6.54 Å². The van der Waals surface area contributed by atoms with Gasteiger partial charge in [0.05, 0.1) is 11.8 Å². The molecule has 0 aromatic carbocycles. The molecule has 0 aliphatic carbocycles. The van der Waals surface area contributed by atoms with Crippen molar-refractivity contribution in [2.45, 2.75) is 52.8 Å². The molecule has 4 nitrogen and oxygen atoms in total. The number of hydrogen-bond acceptors (Lipinski definition) is 4. The maximum Gasteiger partial charge on any atom is 0.393 e. The van der Waals surface area contributed by atoms with Gasteiger partial charge in [0.25, 0.3) is 0 Å². The molecule has 0 saturated heterocycles. The van der Waals surface area contributed by atoms with Crippen LogP contribution in [0.15, 0.2) is 10.7 Å². The van der Waals surface area contributed by atoms with E-state index in [0.29, 0.717) is 12.6 Å². The maximum absolute atomic E-state index is 5.32. The molecule has 0 saturated carbocycles. The largest absolute Gasteiger partial charge is 0.447 e. The molecule has 0 atom stereocenters. The van der Waals surface area contributed by atoms with E-state index in [9.17, 15) is 0 Å². The number of oxazole rings is 1. The monoisotopic (exact) mass is 212 g/mol. The van der Waals surface area contributed by atoms with Crippen molar-refractivity contribution in [3.05, 3.63) is 12.0 Å². The molecule has 4 heteroatoms. The van der Waals surface area contributed by atoms with Crippen molar-refractivity contribution < 1.29 is 9.15 Å². The molecular weight excluding hydrogens is 192 g/mol. The van der Waals surface area contributed by atoms with E-state index in [1.165, 1.54) is 0 Å². The fraction of sp³-hybridized carbons (Fsp3) is 0.727. The van der Waals surface area contributed by atoms with E-state index in [4.69, 9.17) is 9.15 Å². The summed E-state index contributed by atoms with van der Waals surface area (Å²) in [5.41, 5.74) is 0.943. The van der Waals surface area contributed by atoms with Gasteiger partial charge in [-0.1, -0.05) is 0 Å². The Balaban J connectivity index is 2.46. The van der Waals surface area contributed by atoms with E-state index >= 15 is 0 Å². The zero-order valence-electron chi connectivity index (χ0n) is 10.1. The van der Waals surface area contributed by atoms with Crippen molar-refractivity contribution in [2.24, 2.45) is 0 Å². The Kier molecular flexibility index (Phi) is 3.74. The van der Waals surface area contributed by atoms with Crippen LogP contribution in [0.1, 0.15) is 40.3 Å². The highest BCUT2D eigenvalue weighted by molar-refractivity contribution is 5.00. The van der Waals surface area contributed by atoms with Crippen molar-refractivity contribution >= 4 is 0 Å². The summed E-state index contributed by atoms with van der Waals surface area (Å²) in [6.45, 7) is 10.9. The Bertz CT molecular complexity index is 300. The number of nitrogens with zero attached hydrogens (tertiary/aromatic N) is 1. The predicted molar refractivity (Wildman–Crippen MR) is 58.9 cm³/mol. The molecule has 15 heavy (non-hydrogen) atoms. The van der Waals surface area contributed by atoms with E-state index in [-0.39, 0.29) is 11.6 Å². The first kappa shape index (κ1) is 12.0. The summed E-state index contributed by atoms with van der Waals surface area (Å²) in [7, 11) is 0. The van der Waals surface area contributed by atoms with Gasteiger partial charge in [0.1, 0.15) is 6.26 Å². The number of ether oxygens (including phenoxy) is 1. The molecule has 86 valence electrons. The Morgan fingerprint density at radius 1 is 1.47 bits per heavy atom. The fourth-order valence-corrected chi connectivity index (χ4v) is 0.981. The molecule has 1 aromatic heterocycles. The van der Waals surface area contributed by atoms with Crippen LogP contribution in [0.3, 0.4) is 0 Å². The summed E-state index contributed by atoms with van der Waals surface area (Å²) in [5, 5.41) is 3.33. The Labute approximate surface area is 91.0 Å². The number of hydrogen-bond donors (Lipinski definition) is 1. The average Bonchev–Trinajstić information content (AvgIpc) is 2.46. The molecule has 1 heterocycles. The number of nitrogens with one attached hydrogen (secondary N) is 1. The Morgan fingerprint density at radius 3 is 2.67 bits per heavy atom. The van der Waals surface area contributed by atoms with E-state index in [1.54, 1.807) is 6.26 Å². The first-order chi connectivity index (χ1) is 6.87. The molecule has 0 radical (unpaired) electrons. The van der Waals surface area contributed by atoms with Crippen LogP contribution in [0.4, 0.5) is 0 Å². The highest BCUT2D eigenvalue weighted by atomic mass is 16.6. The van der Waals surface area contributed by atoms with Gasteiger partial charge in [0.2, 0.25) is 0 Å². The lowest BCUT2D eigenvalue weighted by molar-refractivity contribution is 0.176. The Hall–Kier alpha value is -1.03. The summed E-state index contributed by atoms with van der Waals surface area (Å²) in [6.07, 6.45) is 2.05. The minimum Gasteiger partial charge on any atom is -0.447 e. The van der Waals surface area contributed by atoms with Gasteiger partial charge in [-0.3, -0.25) is 0 Å². The third-order valence-electron chi connectivity index (χ3n) is 1.67. The van der Waals surface area contributed by atoms with Crippen LogP contribution in [0.25, 0.3) is 0 Å². The van der Waals surface area contributed by atoms with Crippen molar-refractivity contribution in [3.63, 3.8) is 0 Å². The van der Waals surface area contributed by atoms with Crippen molar-refractivity contribution in [1.82, 2.24) is 10.3 Å². The van der Waals surface area contributed by atoms with Crippen LogP contribution in [-0.4, -0.2) is 16.6 Å². The van der Waals surface area contributed by atoms with Crippen LogP contribution < -0.4 is 10.1 Å².